The summed E-state index contributed by atoms with van der Waals surface area (Å²) in [6.07, 6.45) is 0.544. The molecule has 1 heterocycles. The van der Waals surface area contributed by atoms with Crippen molar-refractivity contribution < 1.29 is 14.1 Å². The first-order valence-corrected chi connectivity index (χ1v) is 7.96. The van der Waals surface area contributed by atoms with Crippen molar-refractivity contribution in [2.45, 2.75) is 19.0 Å². The van der Waals surface area contributed by atoms with Crippen LogP contribution in [0.3, 0.4) is 0 Å². The maximum atomic E-state index is 13.0. The van der Waals surface area contributed by atoms with Crippen LogP contribution in [0, 0.1) is 27.3 Å². The van der Waals surface area contributed by atoms with Crippen LogP contribution in [0.5, 0.6) is 0 Å². The highest BCUT2D eigenvalue weighted by Crippen LogP contribution is 2.25. The minimum atomic E-state index is -0.574. The second-order valence-electron chi connectivity index (χ2n) is 5.97. The van der Waals surface area contributed by atoms with Gasteiger partial charge in [-0.25, -0.2) is 4.39 Å². The molecule has 1 atom stereocenters. The summed E-state index contributed by atoms with van der Waals surface area (Å²) in [5, 5.41) is 23.0. The Balaban J connectivity index is 1.70. The zero-order valence-electron chi connectivity index (χ0n) is 13.7. The van der Waals surface area contributed by atoms with E-state index in [-0.39, 0.29) is 23.0 Å². The summed E-state index contributed by atoms with van der Waals surface area (Å²) in [6.45, 7) is 0.908. The average molecular weight is 354 g/mol. The van der Waals surface area contributed by atoms with E-state index >= 15 is 0 Å². The fourth-order valence-electron chi connectivity index (χ4n) is 2.89. The lowest BCUT2D eigenvalue weighted by Gasteiger charge is -2.18. The fraction of sp³-hybridized carbons (Fsp3) is 0.222. The van der Waals surface area contributed by atoms with Gasteiger partial charge < -0.3 is 10.2 Å². The van der Waals surface area contributed by atoms with Crippen molar-refractivity contribution in [2.24, 2.45) is 0 Å². The number of likely N-dealkylation sites (tertiary alicyclic amines) is 1. The van der Waals surface area contributed by atoms with Crippen molar-refractivity contribution in [3.05, 3.63) is 69.5 Å². The van der Waals surface area contributed by atoms with Gasteiger partial charge in [0.15, 0.2) is 0 Å². The third-order valence-electron chi connectivity index (χ3n) is 4.25. The molecule has 7 nitrogen and oxygen atoms in total. The van der Waals surface area contributed by atoms with Crippen LogP contribution in [0.25, 0.3) is 0 Å². The number of nitro groups is 1. The molecule has 2 aromatic carbocycles. The van der Waals surface area contributed by atoms with Crippen LogP contribution in [0.15, 0.2) is 42.5 Å². The highest BCUT2D eigenvalue weighted by molar-refractivity contribution is 5.87. The third kappa shape index (κ3) is 3.62. The molecule has 3 rings (SSSR count). The fourth-order valence-corrected chi connectivity index (χ4v) is 2.89. The maximum absolute atomic E-state index is 13.0. The lowest BCUT2D eigenvalue weighted by molar-refractivity contribution is -0.384. The standard InChI is InChI=1S/C18H15FN4O3/c19-14-3-1-12(2-4-14)11-22-8-7-17(18(22)24)21-16-6-5-15(23(25)26)9-13(16)10-20/h1-6,9,17,21H,7-8,11H2. The molecule has 132 valence electrons. The smallest absolute Gasteiger partial charge is 0.270 e. The SMILES string of the molecule is N#Cc1cc([N+](=O)[O-])ccc1NC1CCN(Cc2ccc(F)cc2)C1=O. The van der Waals surface area contributed by atoms with E-state index in [1.165, 1.54) is 30.3 Å². The number of hydrogen-bond acceptors (Lipinski definition) is 5. The largest absolute Gasteiger partial charge is 0.373 e. The van der Waals surface area contributed by atoms with Crippen LogP contribution >= 0.6 is 0 Å². The summed E-state index contributed by atoms with van der Waals surface area (Å²) < 4.78 is 13.0. The normalized spacial score (nSPS) is 16.4. The molecule has 1 saturated heterocycles. The molecular formula is C18H15FN4O3. The number of nitrogens with one attached hydrogen (secondary N) is 1. The van der Waals surface area contributed by atoms with Gasteiger partial charge in [0.05, 0.1) is 16.2 Å². The number of carbonyl (C=O) groups excluding carboxylic acids is 1. The van der Waals surface area contributed by atoms with Gasteiger partial charge in [-0.05, 0) is 30.2 Å². The number of non-ortho nitro benzene ring substituents is 1. The molecule has 1 fully saturated rings. The van der Waals surface area contributed by atoms with E-state index in [9.17, 15) is 24.6 Å². The van der Waals surface area contributed by atoms with Gasteiger partial charge in [0, 0.05) is 25.2 Å². The van der Waals surface area contributed by atoms with Crippen molar-refractivity contribution in [1.82, 2.24) is 4.90 Å². The highest BCUT2D eigenvalue weighted by atomic mass is 19.1. The number of halogens is 1. The molecule has 1 unspecified atom stereocenters. The highest BCUT2D eigenvalue weighted by Gasteiger charge is 2.32. The van der Waals surface area contributed by atoms with Crippen molar-refractivity contribution in [1.29, 1.82) is 5.26 Å². The molecule has 0 saturated carbocycles. The predicted molar refractivity (Wildman–Crippen MR) is 91.7 cm³/mol. The minimum Gasteiger partial charge on any atom is -0.373 e. The first-order valence-electron chi connectivity index (χ1n) is 7.96. The predicted octanol–water partition coefficient (Wildman–Crippen LogP) is 2.82. The summed E-state index contributed by atoms with van der Waals surface area (Å²) in [6, 6.07) is 11.3. The molecule has 0 aliphatic carbocycles. The maximum Gasteiger partial charge on any atom is 0.270 e. The van der Waals surface area contributed by atoms with Gasteiger partial charge in [-0.2, -0.15) is 5.26 Å². The first kappa shape index (κ1) is 17.4. The van der Waals surface area contributed by atoms with Crippen LogP contribution < -0.4 is 5.32 Å². The number of rotatable bonds is 5. The summed E-state index contributed by atoms with van der Waals surface area (Å²) in [5.41, 5.74) is 1.15. The number of anilines is 1. The zero-order valence-corrected chi connectivity index (χ0v) is 13.7. The molecule has 0 aromatic heterocycles. The van der Waals surface area contributed by atoms with Gasteiger partial charge >= 0.3 is 0 Å². The van der Waals surface area contributed by atoms with Crippen LogP contribution in [-0.4, -0.2) is 28.3 Å². The van der Waals surface area contributed by atoms with Crippen molar-refractivity contribution in [2.75, 3.05) is 11.9 Å². The van der Waals surface area contributed by atoms with Crippen molar-refractivity contribution >= 4 is 17.3 Å². The lowest BCUT2D eigenvalue weighted by Crippen LogP contribution is -2.33. The molecule has 26 heavy (non-hydrogen) atoms. The van der Waals surface area contributed by atoms with E-state index in [1.807, 2.05) is 6.07 Å². The Morgan fingerprint density at radius 3 is 2.69 bits per heavy atom. The summed E-state index contributed by atoms with van der Waals surface area (Å²) in [4.78, 5) is 24.4. The Hall–Kier alpha value is -3.47. The molecule has 1 N–H and O–H groups in total. The number of nitrogens with zero attached hydrogens (tertiary/aromatic N) is 3. The van der Waals surface area contributed by atoms with E-state index in [1.54, 1.807) is 17.0 Å². The van der Waals surface area contributed by atoms with Crippen LogP contribution in [0.1, 0.15) is 17.5 Å². The zero-order chi connectivity index (χ0) is 18.7. The Morgan fingerprint density at radius 2 is 2.04 bits per heavy atom. The molecule has 1 amide bonds. The van der Waals surface area contributed by atoms with Crippen LogP contribution in [-0.2, 0) is 11.3 Å². The summed E-state index contributed by atoms with van der Waals surface area (Å²) in [5.74, 6) is -0.459. The van der Waals surface area contributed by atoms with E-state index in [0.717, 1.165) is 5.56 Å². The molecule has 2 aromatic rings. The number of hydrogen-bond donors (Lipinski definition) is 1. The van der Waals surface area contributed by atoms with Crippen LogP contribution in [0.4, 0.5) is 15.8 Å². The van der Waals surface area contributed by atoms with E-state index < -0.39 is 11.0 Å². The third-order valence-corrected chi connectivity index (χ3v) is 4.25. The molecular weight excluding hydrogens is 339 g/mol. The number of nitriles is 1. The summed E-state index contributed by atoms with van der Waals surface area (Å²) >= 11 is 0. The quantitative estimate of drug-likeness (QED) is 0.657. The Labute approximate surface area is 148 Å². The summed E-state index contributed by atoms with van der Waals surface area (Å²) in [7, 11) is 0. The second-order valence-corrected chi connectivity index (χ2v) is 5.97. The van der Waals surface area contributed by atoms with Crippen LogP contribution in [0.2, 0.25) is 0 Å². The van der Waals surface area contributed by atoms with Crippen molar-refractivity contribution in [3.8, 4) is 6.07 Å². The number of benzene rings is 2. The Bertz CT molecular complexity index is 892. The van der Waals surface area contributed by atoms with E-state index in [2.05, 4.69) is 5.32 Å². The lowest BCUT2D eigenvalue weighted by atomic mass is 10.1. The van der Waals surface area contributed by atoms with Gasteiger partial charge in [0.25, 0.3) is 5.69 Å². The molecule has 0 spiro atoms. The van der Waals surface area contributed by atoms with Gasteiger partial charge in [0.1, 0.15) is 17.9 Å². The van der Waals surface area contributed by atoms with Gasteiger partial charge in [-0.15, -0.1) is 0 Å². The van der Waals surface area contributed by atoms with Crippen molar-refractivity contribution in [3.63, 3.8) is 0 Å². The molecule has 1 aliphatic heterocycles. The van der Waals surface area contributed by atoms with Gasteiger partial charge in [-0.3, -0.25) is 14.9 Å². The topological polar surface area (TPSA) is 99.3 Å². The van der Waals surface area contributed by atoms with E-state index in [4.69, 9.17) is 0 Å². The number of carbonyl (C=O) groups is 1. The molecule has 0 bridgehead atoms. The monoisotopic (exact) mass is 354 g/mol. The minimum absolute atomic E-state index is 0.115. The van der Waals surface area contributed by atoms with Gasteiger partial charge in [0.2, 0.25) is 5.91 Å². The molecule has 0 radical (unpaired) electrons. The second kappa shape index (κ2) is 7.19. The molecule has 1 aliphatic rings. The van der Waals surface area contributed by atoms with Gasteiger partial charge in [-0.1, -0.05) is 12.1 Å². The van der Waals surface area contributed by atoms with E-state index in [0.29, 0.717) is 25.2 Å². The average Bonchev–Trinajstić information content (AvgIpc) is 2.97. The number of nitro benzene ring substituents is 1. The Morgan fingerprint density at radius 1 is 1.31 bits per heavy atom. The Kier molecular flexibility index (Phi) is 4.80. The number of amides is 1. The first-order chi connectivity index (χ1) is 12.5. The molecule has 8 heteroatoms.